The lowest BCUT2D eigenvalue weighted by Crippen LogP contribution is -2.36. The Balaban J connectivity index is 1.93. The Morgan fingerprint density at radius 2 is 2.11 bits per heavy atom. The molecule has 1 aromatic rings. The summed E-state index contributed by atoms with van der Waals surface area (Å²) in [4.78, 5) is 11.8. The molecule has 2 N–H and O–H groups in total. The molecule has 2 rings (SSSR count). The highest BCUT2D eigenvalue weighted by Gasteiger charge is 2.17. The van der Waals surface area contributed by atoms with Crippen molar-refractivity contribution in [3.05, 3.63) is 29.8 Å². The minimum Gasteiger partial charge on any atom is -0.435 e. The lowest BCUT2D eigenvalue weighted by atomic mass is 10.2. The third-order valence-corrected chi connectivity index (χ3v) is 2.74. The van der Waals surface area contributed by atoms with E-state index in [-0.39, 0.29) is 17.7 Å². The van der Waals surface area contributed by atoms with Crippen molar-refractivity contribution < 1.29 is 18.3 Å². The van der Waals surface area contributed by atoms with Gasteiger partial charge >= 0.3 is 6.61 Å². The summed E-state index contributed by atoms with van der Waals surface area (Å²) in [5.41, 5.74) is 0.434. The maximum absolute atomic E-state index is 11.9. The molecule has 0 radical (unpaired) electrons. The van der Waals surface area contributed by atoms with Crippen molar-refractivity contribution in [2.45, 2.75) is 19.1 Å². The van der Waals surface area contributed by atoms with E-state index >= 15 is 0 Å². The van der Waals surface area contributed by atoms with Crippen molar-refractivity contribution in [3.8, 4) is 5.75 Å². The minimum atomic E-state index is -2.85. The second-order valence-corrected chi connectivity index (χ2v) is 4.07. The predicted molar refractivity (Wildman–Crippen MR) is 61.8 cm³/mol. The average molecular weight is 256 g/mol. The second-order valence-electron chi connectivity index (χ2n) is 4.07. The van der Waals surface area contributed by atoms with Gasteiger partial charge in [-0.15, -0.1) is 0 Å². The topological polar surface area (TPSA) is 50.4 Å². The molecule has 0 saturated carbocycles. The summed E-state index contributed by atoms with van der Waals surface area (Å²) in [6.45, 7) is -1.20. The van der Waals surface area contributed by atoms with Gasteiger partial charge in [-0.25, -0.2) is 0 Å². The minimum absolute atomic E-state index is 0.0454. The molecule has 1 fully saturated rings. The zero-order chi connectivity index (χ0) is 13.0. The number of rotatable bonds is 4. The van der Waals surface area contributed by atoms with E-state index in [2.05, 4.69) is 15.4 Å². The van der Waals surface area contributed by atoms with Crippen LogP contribution in [-0.2, 0) is 0 Å². The van der Waals surface area contributed by atoms with E-state index in [1.165, 1.54) is 24.3 Å². The molecule has 4 nitrogen and oxygen atoms in total. The van der Waals surface area contributed by atoms with Crippen LogP contribution in [0, 0.1) is 0 Å². The fraction of sp³-hybridized carbons (Fsp3) is 0.417. The Morgan fingerprint density at radius 1 is 1.39 bits per heavy atom. The number of amides is 1. The fourth-order valence-corrected chi connectivity index (χ4v) is 1.83. The number of hydrogen-bond acceptors (Lipinski definition) is 3. The predicted octanol–water partition coefficient (Wildman–Crippen LogP) is 1.38. The maximum Gasteiger partial charge on any atom is 0.387 e. The zero-order valence-electron chi connectivity index (χ0n) is 9.66. The van der Waals surface area contributed by atoms with Crippen LogP contribution in [0.1, 0.15) is 16.8 Å². The second kappa shape index (κ2) is 5.77. The zero-order valence-corrected chi connectivity index (χ0v) is 9.66. The fourth-order valence-electron chi connectivity index (χ4n) is 1.83. The molecule has 98 valence electrons. The summed E-state index contributed by atoms with van der Waals surface area (Å²) in [7, 11) is 0. The van der Waals surface area contributed by atoms with Gasteiger partial charge < -0.3 is 15.4 Å². The molecule has 0 bridgehead atoms. The van der Waals surface area contributed by atoms with Gasteiger partial charge in [0, 0.05) is 18.2 Å². The van der Waals surface area contributed by atoms with Crippen molar-refractivity contribution in [2.75, 3.05) is 13.1 Å². The van der Waals surface area contributed by atoms with Gasteiger partial charge in [0.25, 0.3) is 5.91 Å². The SMILES string of the molecule is O=C(N[C@@H]1CCNC1)c1ccc(OC(F)F)cc1. The van der Waals surface area contributed by atoms with Crippen molar-refractivity contribution in [1.29, 1.82) is 0 Å². The number of carbonyl (C=O) groups excluding carboxylic acids is 1. The molecule has 18 heavy (non-hydrogen) atoms. The van der Waals surface area contributed by atoms with Gasteiger partial charge in [0.15, 0.2) is 0 Å². The number of carbonyl (C=O) groups is 1. The number of hydrogen-bond donors (Lipinski definition) is 2. The van der Waals surface area contributed by atoms with Crippen LogP contribution in [0.15, 0.2) is 24.3 Å². The molecular formula is C12H14F2N2O2. The summed E-state index contributed by atoms with van der Waals surface area (Å²) < 4.78 is 28.1. The molecule has 1 saturated heterocycles. The molecule has 1 aromatic carbocycles. The van der Waals surface area contributed by atoms with Gasteiger partial charge in [-0.2, -0.15) is 8.78 Å². The summed E-state index contributed by atoms with van der Waals surface area (Å²) in [6.07, 6.45) is 0.901. The van der Waals surface area contributed by atoms with E-state index in [9.17, 15) is 13.6 Å². The smallest absolute Gasteiger partial charge is 0.387 e. The van der Waals surface area contributed by atoms with Crippen LogP contribution in [0.5, 0.6) is 5.75 Å². The van der Waals surface area contributed by atoms with Crippen molar-refractivity contribution in [2.24, 2.45) is 0 Å². The quantitative estimate of drug-likeness (QED) is 0.855. The van der Waals surface area contributed by atoms with Gasteiger partial charge in [0.2, 0.25) is 0 Å². The molecule has 0 spiro atoms. The summed E-state index contributed by atoms with van der Waals surface area (Å²) >= 11 is 0. The van der Waals surface area contributed by atoms with Crippen LogP contribution in [-0.4, -0.2) is 31.7 Å². The maximum atomic E-state index is 11.9. The van der Waals surface area contributed by atoms with Crippen molar-refractivity contribution in [3.63, 3.8) is 0 Å². The lowest BCUT2D eigenvalue weighted by Gasteiger charge is -2.11. The highest BCUT2D eigenvalue weighted by Crippen LogP contribution is 2.15. The Hall–Kier alpha value is -1.69. The summed E-state index contributed by atoms with van der Waals surface area (Å²) in [6, 6.07) is 5.78. The standard InChI is InChI=1S/C12H14F2N2O2/c13-12(14)18-10-3-1-8(2-4-10)11(17)16-9-5-6-15-7-9/h1-4,9,12,15H,5-7H2,(H,16,17)/t9-/m1/s1. The van der Waals surface area contributed by atoms with Crippen LogP contribution >= 0.6 is 0 Å². The lowest BCUT2D eigenvalue weighted by molar-refractivity contribution is -0.0498. The first-order valence-electron chi connectivity index (χ1n) is 5.71. The summed E-state index contributed by atoms with van der Waals surface area (Å²) in [5.74, 6) is -0.156. The molecule has 0 aliphatic carbocycles. The van der Waals surface area contributed by atoms with E-state index in [4.69, 9.17) is 0 Å². The normalized spacial score (nSPS) is 18.9. The van der Waals surface area contributed by atoms with Gasteiger partial charge in [0.05, 0.1) is 0 Å². The molecule has 6 heteroatoms. The average Bonchev–Trinajstić information content (AvgIpc) is 2.82. The first kappa shape index (κ1) is 12.8. The summed E-state index contributed by atoms with van der Waals surface area (Å²) in [5, 5.41) is 6.01. The van der Waals surface area contributed by atoms with Crippen LogP contribution < -0.4 is 15.4 Å². The van der Waals surface area contributed by atoms with Gasteiger partial charge in [-0.1, -0.05) is 0 Å². The van der Waals surface area contributed by atoms with Crippen LogP contribution in [0.3, 0.4) is 0 Å². The van der Waals surface area contributed by atoms with Crippen molar-refractivity contribution >= 4 is 5.91 Å². The van der Waals surface area contributed by atoms with E-state index in [0.717, 1.165) is 19.5 Å². The van der Waals surface area contributed by atoms with E-state index in [1.807, 2.05) is 0 Å². The molecule has 0 aromatic heterocycles. The molecule has 1 amide bonds. The first-order chi connectivity index (χ1) is 8.65. The van der Waals surface area contributed by atoms with Gasteiger partial charge in [-0.05, 0) is 37.2 Å². The van der Waals surface area contributed by atoms with Crippen LogP contribution in [0.4, 0.5) is 8.78 Å². The van der Waals surface area contributed by atoms with Crippen LogP contribution in [0.25, 0.3) is 0 Å². The van der Waals surface area contributed by atoms with E-state index in [1.54, 1.807) is 0 Å². The number of ether oxygens (including phenoxy) is 1. The Morgan fingerprint density at radius 3 is 2.67 bits per heavy atom. The van der Waals surface area contributed by atoms with E-state index in [0.29, 0.717) is 5.56 Å². The molecule has 1 aliphatic rings. The number of alkyl halides is 2. The number of halogens is 2. The number of nitrogens with one attached hydrogen (secondary N) is 2. The molecule has 1 atom stereocenters. The Bertz CT molecular complexity index is 403. The number of benzene rings is 1. The highest BCUT2D eigenvalue weighted by molar-refractivity contribution is 5.94. The third-order valence-electron chi connectivity index (χ3n) is 2.74. The van der Waals surface area contributed by atoms with Crippen molar-refractivity contribution in [1.82, 2.24) is 10.6 Å². The van der Waals surface area contributed by atoms with Gasteiger partial charge in [-0.3, -0.25) is 4.79 Å². The monoisotopic (exact) mass is 256 g/mol. The Kier molecular flexibility index (Phi) is 4.09. The molecule has 1 heterocycles. The highest BCUT2D eigenvalue weighted by atomic mass is 19.3. The Labute approximate surface area is 103 Å². The largest absolute Gasteiger partial charge is 0.435 e. The van der Waals surface area contributed by atoms with E-state index < -0.39 is 6.61 Å². The molecular weight excluding hydrogens is 242 g/mol. The first-order valence-corrected chi connectivity index (χ1v) is 5.71. The van der Waals surface area contributed by atoms with Gasteiger partial charge in [0.1, 0.15) is 5.75 Å². The van der Waals surface area contributed by atoms with Crippen LogP contribution in [0.2, 0.25) is 0 Å². The molecule has 0 unspecified atom stereocenters. The third kappa shape index (κ3) is 3.40. The molecule has 1 aliphatic heterocycles.